The summed E-state index contributed by atoms with van der Waals surface area (Å²) < 4.78 is 15.7. The van der Waals surface area contributed by atoms with Gasteiger partial charge in [-0.15, -0.1) is 0 Å². The first kappa shape index (κ1) is 19.3. The quantitative estimate of drug-likeness (QED) is 0.800. The molecule has 0 bridgehead atoms. The number of hydrogen-bond donors (Lipinski definition) is 1. The van der Waals surface area contributed by atoms with Crippen molar-refractivity contribution < 1.29 is 23.8 Å². The van der Waals surface area contributed by atoms with Gasteiger partial charge in [-0.1, -0.05) is 12.8 Å². The van der Waals surface area contributed by atoms with E-state index in [1.54, 1.807) is 19.1 Å². The highest BCUT2D eigenvalue weighted by Gasteiger charge is 2.35. The van der Waals surface area contributed by atoms with Gasteiger partial charge in [-0.2, -0.15) is 0 Å². The van der Waals surface area contributed by atoms with Gasteiger partial charge in [-0.05, 0) is 42.5 Å². The third-order valence-corrected chi connectivity index (χ3v) is 5.53. The van der Waals surface area contributed by atoms with Gasteiger partial charge in [0, 0.05) is 12.6 Å². The Morgan fingerprint density at radius 1 is 1.11 bits per heavy atom. The normalized spacial score (nSPS) is 19.4. The van der Waals surface area contributed by atoms with Crippen molar-refractivity contribution in [2.75, 3.05) is 27.9 Å². The van der Waals surface area contributed by atoms with Gasteiger partial charge in [0.25, 0.3) is 0 Å². The molecule has 1 aliphatic heterocycles. The van der Waals surface area contributed by atoms with E-state index in [0.717, 1.165) is 36.8 Å². The predicted molar refractivity (Wildman–Crippen MR) is 100 cm³/mol. The van der Waals surface area contributed by atoms with Crippen LogP contribution in [0.2, 0.25) is 0 Å². The minimum Gasteiger partial charge on any atom is -0.493 e. The maximum atomic E-state index is 12.9. The van der Waals surface area contributed by atoms with E-state index in [4.69, 9.17) is 14.2 Å². The summed E-state index contributed by atoms with van der Waals surface area (Å²) in [5.74, 6) is 0.891. The molecule has 0 spiro atoms. The van der Waals surface area contributed by atoms with Crippen LogP contribution < -0.4 is 14.8 Å². The van der Waals surface area contributed by atoms with E-state index in [2.05, 4.69) is 5.32 Å². The molecule has 1 aromatic carbocycles. The SMILES string of the molecule is COC(=O)CC1c2cc(OC)c(OC)cc2CCN1C(=O)NC1CCCC1. The van der Waals surface area contributed by atoms with E-state index >= 15 is 0 Å². The molecule has 1 saturated carbocycles. The molecule has 27 heavy (non-hydrogen) atoms. The molecule has 0 saturated heterocycles. The molecule has 1 unspecified atom stereocenters. The first-order valence-electron chi connectivity index (χ1n) is 9.46. The van der Waals surface area contributed by atoms with Crippen LogP contribution in [0.5, 0.6) is 11.5 Å². The molecular weight excluding hydrogens is 348 g/mol. The highest BCUT2D eigenvalue weighted by atomic mass is 16.5. The molecule has 0 aromatic heterocycles. The van der Waals surface area contributed by atoms with Crippen molar-refractivity contribution >= 4 is 12.0 Å². The van der Waals surface area contributed by atoms with Crippen LogP contribution in [0.1, 0.15) is 49.3 Å². The van der Waals surface area contributed by atoms with Crippen molar-refractivity contribution in [3.63, 3.8) is 0 Å². The number of fused-ring (bicyclic) bond motifs is 1. The Morgan fingerprint density at radius 3 is 2.41 bits per heavy atom. The van der Waals surface area contributed by atoms with Crippen LogP contribution in [0.3, 0.4) is 0 Å². The van der Waals surface area contributed by atoms with E-state index in [0.29, 0.717) is 24.5 Å². The third-order valence-electron chi connectivity index (χ3n) is 5.53. The number of carbonyl (C=O) groups excluding carboxylic acids is 2. The average molecular weight is 376 g/mol. The minimum absolute atomic E-state index is 0.108. The van der Waals surface area contributed by atoms with Gasteiger partial charge >= 0.3 is 12.0 Å². The van der Waals surface area contributed by atoms with Gasteiger partial charge in [-0.3, -0.25) is 4.79 Å². The first-order valence-corrected chi connectivity index (χ1v) is 9.46. The first-order chi connectivity index (χ1) is 13.1. The lowest BCUT2D eigenvalue weighted by Crippen LogP contribution is -2.48. The second-order valence-electron chi connectivity index (χ2n) is 7.08. The Hall–Kier alpha value is -2.44. The number of esters is 1. The summed E-state index contributed by atoms with van der Waals surface area (Å²) in [4.78, 5) is 26.7. The highest BCUT2D eigenvalue weighted by Crippen LogP contribution is 2.39. The van der Waals surface area contributed by atoms with Crippen LogP contribution in [-0.2, 0) is 16.0 Å². The van der Waals surface area contributed by atoms with Gasteiger partial charge in [-0.25, -0.2) is 4.79 Å². The van der Waals surface area contributed by atoms with Crippen LogP contribution in [0.15, 0.2) is 12.1 Å². The maximum absolute atomic E-state index is 12.9. The Labute approximate surface area is 160 Å². The highest BCUT2D eigenvalue weighted by molar-refractivity contribution is 5.78. The third kappa shape index (κ3) is 4.12. The van der Waals surface area contributed by atoms with Crippen molar-refractivity contribution in [1.82, 2.24) is 10.2 Å². The van der Waals surface area contributed by atoms with Crippen molar-refractivity contribution in [2.45, 2.75) is 50.6 Å². The monoisotopic (exact) mass is 376 g/mol. The zero-order valence-electron chi connectivity index (χ0n) is 16.2. The summed E-state index contributed by atoms with van der Waals surface area (Å²) in [5.41, 5.74) is 1.97. The molecule has 2 amide bonds. The van der Waals surface area contributed by atoms with E-state index in [1.807, 2.05) is 12.1 Å². The summed E-state index contributed by atoms with van der Waals surface area (Å²) in [6.45, 7) is 0.544. The van der Waals surface area contributed by atoms with Gasteiger partial charge in [0.1, 0.15) is 0 Å². The molecule has 1 aliphatic carbocycles. The molecule has 7 heteroatoms. The number of amides is 2. The number of rotatable bonds is 5. The lowest BCUT2D eigenvalue weighted by Gasteiger charge is -2.38. The Bertz CT molecular complexity index is 700. The smallest absolute Gasteiger partial charge is 0.318 e. The fraction of sp³-hybridized carbons (Fsp3) is 0.600. The fourth-order valence-corrected chi connectivity index (χ4v) is 4.06. The Morgan fingerprint density at radius 2 is 1.78 bits per heavy atom. The molecule has 3 rings (SSSR count). The van der Waals surface area contributed by atoms with E-state index in [-0.39, 0.29) is 30.5 Å². The number of nitrogens with zero attached hydrogens (tertiary/aromatic N) is 1. The van der Waals surface area contributed by atoms with Crippen molar-refractivity contribution in [3.05, 3.63) is 23.3 Å². The van der Waals surface area contributed by atoms with Crippen LogP contribution in [0.4, 0.5) is 4.79 Å². The molecule has 7 nitrogen and oxygen atoms in total. The van der Waals surface area contributed by atoms with Crippen molar-refractivity contribution in [1.29, 1.82) is 0 Å². The zero-order chi connectivity index (χ0) is 19.4. The van der Waals surface area contributed by atoms with Crippen molar-refractivity contribution in [2.24, 2.45) is 0 Å². The summed E-state index contributed by atoms with van der Waals surface area (Å²) in [6, 6.07) is 3.53. The lowest BCUT2D eigenvalue weighted by molar-refractivity contribution is -0.141. The number of benzene rings is 1. The molecular formula is C20H28N2O5. The van der Waals surface area contributed by atoms with E-state index < -0.39 is 0 Å². The second-order valence-corrected chi connectivity index (χ2v) is 7.08. The largest absolute Gasteiger partial charge is 0.493 e. The molecule has 148 valence electrons. The molecule has 0 radical (unpaired) electrons. The summed E-state index contributed by atoms with van der Waals surface area (Å²) in [7, 11) is 4.54. The zero-order valence-corrected chi connectivity index (χ0v) is 16.2. The lowest BCUT2D eigenvalue weighted by atomic mass is 9.90. The van der Waals surface area contributed by atoms with E-state index in [1.165, 1.54) is 7.11 Å². The van der Waals surface area contributed by atoms with Gasteiger partial charge in [0.05, 0.1) is 33.8 Å². The Balaban J connectivity index is 1.90. The Kier molecular flexibility index (Phi) is 6.08. The van der Waals surface area contributed by atoms with Crippen LogP contribution in [0, 0.1) is 0 Å². The van der Waals surface area contributed by atoms with Crippen molar-refractivity contribution in [3.8, 4) is 11.5 Å². The maximum Gasteiger partial charge on any atom is 0.318 e. The minimum atomic E-state index is -0.387. The summed E-state index contributed by atoms with van der Waals surface area (Å²) in [6.07, 6.45) is 5.14. The predicted octanol–water partition coefficient (Wildman–Crippen LogP) is 2.82. The molecule has 1 fully saturated rings. The molecule has 1 aromatic rings. The average Bonchev–Trinajstić information content (AvgIpc) is 3.19. The van der Waals surface area contributed by atoms with Gasteiger partial charge in [0.15, 0.2) is 11.5 Å². The van der Waals surface area contributed by atoms with Crippen LogP contribution in [-0.4, -0.2) is 50.8 Å². The molecule has 1 atom stereocenters. The summed E-state index contributed by atoms with van der Waals surface area (Å²) in [5, 5.41) is 3.13. The van der Waals surface area contributed by atoms with Gasteiger partial charge in [0.2, 0.25) is 0 Å². The topological polar surface area (TPSA) is 77.1 Å². The van der Waals surface area contributed by atoms with Gasteiger partial charge < -0.3 is 24.4 Å². The molecule has 1 heterocycles. The number of urea groups is 1. The molecule has 2 aliphatic rings. The second kappa shape index (κ2) is 8.50. The van der Waals surface area contributed by atoms with Crippen LogP contribution >= 0.6 is 0 Å². The standard InChI is InChI=1S/C20H28N2O5/c1-25-17-10-13-8-9-22(20(24)21-14-6-4-5-7-14)16(12-19(23)27-3)15(13)11-18(17)26-2/h10-11,14,16H,4-9,12H2,1-3H3,(H,21,24). The fourth-order valence-electron chi connectivity index (χ4n) is 4.06. The molecule has 1 N–H and O–H groups in total. The number of methoxy groups -OCH3 is 3. The number of carbonyl (C=O) groups is 2. The number of hydrogen-bond acceptors (Lipinski definition) is 5. The number of nitrogens with one attached hydrogen (secondary N) is 1. The number of ether oxygens (including phenoxy) is 3. The summed E-state index contributed by atoms with van der Waals surface area (Å²) >= 11 is 0. The van der Waals surface area contributed by atoms with Crippen LogP contribution in [0.25, 0.3) is 0 Å². The van der Waals surface area contributed by atoms with E-state index in [9.17, 15) is 9.59 Å².